The summed E-state index contributed by atoms with van der Waals surface area (Å²) in [6.07, 6.45) is 0.888. The quantitative estimate of drug-likeness (QED) is 0.760. The van der Waals surface area contributed by atoms with E-state index in [4.69, 9.17) is 0 Å². The summed E-state index contributed by atoms with van der Waals surface area (Å²) >= 11 is 0. The molecular formula is C24H24N2O. The topological polar surface area (TPSA) is 32.3 Å². The number of nitrogens with zero attached hydrogens (tertiary/aromatic N) is 1. The SMILES string of the molecule is CNCc1ccccc1[C@H]1c2ccccc2CCN1C(=O)c1ccccc1. The molecule has 1 N–H and O–H groups in total. The van der Waals surface area contributed by atoms with Crippen molar-refractivity contribution in [2.24, 2.45) is 0 Å². The average Bonchev–Trinajstić information content (AvgIpc) is 2.74. The Morgan fingerprint density at radius 2 is 1.59 bits per heavy atom. The van der Waals surface area contributed by atoms with Gasteiger partial charge in [0.15, 0.2) is 0 Å². The first-order chi connectivity index (χ1) is 13.3. The zero-order valence-electron chi connectivity index (χ0n) is 15.6. The Bertz CT molecular complexity index is 936. The molecule has 0 aliphatic carbocycles. The van der Waals surface area contributed by atoms with Gasteiger partial charge >= 0.3 is 0 Å². The molecule has 0 saturated carbocycles. The van der Waals surface area contributed by atoms with Crippen molar-refractivity contribution in [1.29, 1.82) is 0 Å². The third-order valence-electron chi connectivity index (χ3n) is 5.28. The molecule has 1 heterocycles. The van der Waals surface area contributed by atoms with Gasteiger partial charge in [-0.15, -0.1) is 0 Å². The smallest absolute Gasteiger partial charge is 0.254 e. The number of carbonyl (C=O) groups excluding carboxylic acids is 1. The minimum atomic E-state index is -0.0628. The molecule has 3 aromatic rings. The molecule has 136 valence electrons. The summed E-state index contributed by atoms with van der Waals surface area (Å²) in [6, 6.07) is 26.5. The highest BCUT2D eigenvalue weighted by molar-refractivity contribution is 5.95. The van der Waals surface area contributed by atoms with Crippen molar-refractivity contribution in [3.8, 4) is 0 Å². The number of nitrogens with one attached hydrogen (secondary N) is 1. The van der Waals surface area contributed by atoms with Gasteiger partial charge in [0.05, 0.1) is 6.04 Å². The van der Waals surface area contributed by atoms with E-state index in [0.29, 0.717) is 0 Å². The number of benzene rings is 3. The molecule has 27 heavy (non-hydrogen) atoms. The van der Waals surface area contributed by atoms with Gasteiger partial charge in [0.2, 0.25) is 0 Å². The van der Waals surface area contributed by atoms with Crippen LogP contribution < -0.4 is 5.32 Å². The molecule has 0 saturated heterocycles. The van der Waals surface area contributed by atoms with Crippen LogP contribution in [0.2, 0.25) is 0 Å². The van der Waals surface area contributed by atoms with E-state index in [1.54, 1.807) is 0 Å². The lowest BCUT2D eigenvalue weighted by Crippen LogP contribution is -2.41. The molecule has 1 aliphatic rings. The van der Waals surface area contributed by atoms with Gasteiger partial charge in [-0.3, -0.25) is 4.79 Å². The summed E-state index contributed by atoms with van der Waals surface area (Å²) in [7, 11) is 1.96. The molecule has 3 nitrogen and oxygen atoms in total. The molecule has 0 bridgehead atoms. The Labute approximate surface area is 160 Å². The summed E-state index contributed by atoms with van der Waals surface area (Å²) in [4.78, 5) is 15.4. The number of amides is 1. The van der Waals surface area contributed by atoms with E-state index in [-0.39, 0.29) is 11.9 Å². The van der Waals surface area contributed by atoms with Crippen LogP contribution in [0.1, 0.15) is 38.7 Å². The van der Waals surface area contributed by atoms with Gasteiger partial charge in [-0.25, -0.2) is 0 Å². The highest BCUT2D eigenvalue weighted by atomic mass is 16.2. The maximum atomic E-state index is 13.4. The van der Waals surface area contributed by atoms with Gasteiger partial charge in [-0.1, -0.05) is 66.7 Å². The second-order valence-electron chi connectivity index (χ2n) is 6.95. The fourth-order valence-electron chi connectivity index (χ4n) is 4.02. The van der Waals surface area contributed by atoms with Crippen molar-refractivity contribution in [3.05, 3.63) is 107 Å². The van der Waals surface area contributed by atoms with Crippen molar-refractivity contribution in [1.82, 2.24) is 10.2 Å². The van der Waals surface area contributed by atoms with E-state index >= 15 is 0 Å². The van der Waals surface area contributed by atoms with Crippen LogP contribution >= 0.6 is 0 Å². The number of carbonyl (C=O) groups is 1. The number of fused-ring (bicyclic) bond motifs is 1. The van der Waals surface area contributed by atoms with E-state index < -0.39 is 0 Å². The van der Waals surface area contributed by atoms with Crippen LogP contribution in [-0.4, -0.2) is 24.4 Å². The number of rotatable bonds is 4. The lowest BCUT2D eigenvalue weighted by molar-refractivity contribution is 0.0694. The number of hydrogen-bond acceptors (Lipinski definition) is 2. The van der Waals surface area contributed by atoms with Crippen molar-refractivity contribution in [2.75, 3.05) is 13.6 Å². The van der Waals surface area contributed by atoms with Crippen molar-refractivity contribution >= 4 is 5.91 Å². The molecule has 3 heteroatoms. The lowest BCUT2D eigenvalue weighted by atomic mass is 9.85. The molecule has 0 aromatic heterocycles. The normalized spacial score (nSPS) is 16.0. The van der Waals surface area contributed by atoms with Crippen LogP contribution in [0.3, 0.4) is 0 Å². The Balaban J connectivity index is 1.84. The molecule has 0 fully saturated rings. The second-order valence-corrected chi connectivity index (χ2v) is 6.95. The van der Waals surface area contributed by atoms with Crippen LogP contribution in [0, 0.1) is 0 Å². The highest BCUT2D eigenvalue weighted by Crippen LogP contribution is 2.37. The van der Waals surface area contributed by atoms with Gasteiger partial charge in [0, 0.05) is 18.7 Å². The van der Waals surface area contributed by atoms with Crippen molar-refractivity contribution in [3.63, 3.8) is 0 Å². The van der Waals surface area contributed by atoms with E-state index in [9.17, 15) is 4.79 Å². The van der Waals surface area contributed by atoms with Gasteiger partial charge < -0.3 is 10.2 Å². The molecular weight excluding hydrogens is 332 g/mol. The summed E-state index contributed by atoms with van der Waals surface area (Å²) in [5.41, 5.74) is 5.74. The fourth-order valence-corrected chi connectivity index (χ4v) is 4.02. The molecule has 0 radical (unpaired) electrons. The molecule has 1 aliphatic heterocycles. The van der Waals surface area contributed by atoms with Crippen LogP contribution in [0.25, 0.3) is 0 Å². The third-order valence-corrected chi connectivity index (χ3v) is 5.28. The minimum Gasteiger partial charge on any atom is -0.327 e. The monoisotopic (exact) mass is 356 g/mol. The maximum Gasteiger partial charge on any atom is 0.254 e. The van der Waals surface area contributed by atoms with Gasteiger partial charge in [-0.2, -0.15) is 0 Å². The Morgan fingerprint density at radius 3 is 2.37 bits per heavy atom. The van der Waals surface area contributed by atoms with Crippen LogP contribution in [0.5, 0.6) is 0 Å². The molecule has 0 unspecified atom stereocenters. The van der Waals surface area contributed by atoms with E-state index in [1.807, 2.05) is 42.3 Å². The molecule has 3 aromatic carbocycles. The highest BCUT2D eigenvalue weighted by Gasteiger charge is 2.33. The summed E-state index contributed by atoms with van der Waals surface area (Å²) in [5.74, 6) is 0.0920. The summed E-state index contributed by atoms with van der Waals surface area (Å²) < 4.78 is 0. The van der Waals surface area contributed by atoms with Gasteiger partial charge in [-0.05, 0) is 47.9 Å². The fraction of sp³-hybridized carbons (Fsp3) is 0.208. The molecule has 1 amide bonds. The van der Waals surface area contributed by atoms with Gasteiger partial charge in [0.25, 0.3) is 5.91 Å². The first kappa shape index (κ1) is 17.5. The summed E-state index contributed by atoms with van der Waals surface area (Å²) in [5, 5.41) is 3.26. The molecule has 1 atom stereocenters. The van der Waals surface area contributed by atoms with Crippen molar-refractivity contribution in [2.45, 2.75) is 19.0 Å². The standard InChI is InChI=1S/C24H24N2O/c1-25-17-20-12-6-8-14-22(20)23-21-13-7-5-9-18(21)15-16-26(23)24(27)19-10-3-2-4-11-19/h2-14,23,25H,15-17H2,1H3/t23-/m1/s1. The third kappa shape index (κ3) is 3.38. The van der Waals surface area contributed by atoms with E-state index in [0.717, 1.165) is 25.1 Å². The van der Waals surface area contributed by atoms with E-state index in [2.05, 4.69) is 53.8 Å². The largest absolute Gasteiger partial charge is 0.327 e. The zero-order valence-corrected chi connectivity index (χ0v) is 15.6. The van der Waals surface area contributed by atoms with Crippen LogP contribution in [0.4, 0.5) is 0 Å². The second kappa shape index (κ2) is 7.77. The first-order valence-electron chi connectivity index (χ1n) is 9.46. The molecule has 4 rings (SSSR count). The van der Waals surface area contributed by atoms with Crippen molar-refractivity contribution < 1.29 is 4.79 Å². The lowest BCUT2D eigenvalue weighted by Gasteiger charge is -2.38. The average molecular weight is 356 g/mol. The van der Waals surface area contributed by atoms with Gasteiger partial charge in [0.1, 0.15) is 0 Å². The molecule has 0 spiro atoms. The Morgan fingerprint density at radius 1 is 0.926 bits per heavy atom. The predicted octanol–water partition coefficient (Wildman–Crippen LogP) is 4.19. The Kier molecular flexibility index (Phi) is 5.03. The maximum absolute atomic E-state index is 13.4. The number of hydrogen-bond donors (Lipinski definition) is 1. The predicted molar refractivity (Wildman–Crippen MR) is 109 cm³/mol. The van der Waals surface area contributed by atoms with Crippen LogP contribution in [-0.2, 0) is 13.0 Å². The zero-order chi connectivity index (χ0) is 18.6. The van der Waals surface area contributed by atoms with Crippen LogP contribution in [0.15, 0.2) is 78.9 Å². The van der Waals surface area contributed by atoms with E-state index in [1.165, 1.54) is 22.3 Å². The first-order valence-corrected chi connectivity index (χ1v) is 9.46. The minimum absolute atomic E-state index is 0.0628. The Hall–Kier alpha value is -2.91. The summed E-state index contributed by atoms with van der Waals surface area (Å²) in [6.45, 7) is 1.51.